The first-order valence-corrected chi connectivity index (χ1v) is 8.67. The molecule has 3 heteroatoms. The fraction of sp³-hybridized carbons (Fsp3) is 0.737. The summed E-state index contributed by atoms with van der Waals surface area (Å²) in [4.78, 5) is 0. The molecule has 0 atom stereocenters. The van der Waals surface area contributed by atoms with E-state index in [2.05, 4.69) is 19.1 Å². The molecular formula is C19H33BrMgO. The van der Waals surface area contributed by atoms with Gasteiger partial charge in [-0.1, -0.05) is 64.2 Å². The summed E-state index contributed by atoms with van der Waals surface area (Å²) in [5, 5.41) is 0. The molecule has 0 spiro atoms. The van der Waals surface area contributed by atoms with Crippen molar-refractivity contribution in [2.45, 2.75) is 90.4 Å². The van der Waals surface area contributed by atoms with Crippen LogP contribution in [0.4, 0.5) is 0 Å². The van der Waals surface area contributed by atoms with Crippen LogP contribution in [0, 0.1) is 13.8 Å². The molecule has 1 nitrogen and oxygen atoms in total. The van der Waals surface area contributed by atoms with Gasteiger partial charge in [0.1, 0.15) is 11.5 Å². The van der Waals surface area contributed by atoms with E-state index >= 15 is 0 Å². The summed E-state index contributed by atoms with van der Waals surface area (Å²) in [6, 6.07) is 4.18. The van der Waals surface area contributed by atoms with Crippen molar-refractivity contribution >= 4 is 23.1 Å². The normalized spacial score (nSPS) is 10.1. The van der Waals surface area contributed by atoms with Crippen molar-refractivity contribution < 1.29 is 21.4 Å². The number of furan rings is 1. The van der Waals surface area contributed by atoms with Gasteiger partial charge in [-0.25, -0.2) is 0 Å². The van der Waals surface area contributed by atoms with Gasteiger partial charge in [0.25, 0.3) is 0 Å². The third-order valence-electron chi connectivity index (χ3n) is 3.97. The molecule has 0 fully saturated rings. The first-order chi connectivity index (χ1) is 9.83. The Balaban J connectivity index is 0. The van der Waals surface area contributed by atoms with E-state index in [9.17, 15) is 0 Å². The van der Waals surface area contributed by atoms with E-state index in [-0.39, 0.29) is 40.0 Å². The van der Waals surface area contributed by atoms with Gasteiger partial charge in [-0.15, -0.1) is 0 Å². The van der Waals surface area contributed by atoms with E-state index in [1.165, 1.54) is 70.6 Å². The van der Waals surface area contributed by atoms with Gasteiger partial charge in [0.2, 0.25) is 0 Å². The third-order valence-corrected chi connectivity index (χ3v) is 3.97. The first kappa shape index (κ1) is 24.8. The number of hydrogen-bond donors (Lipinski definition) is 0. The number of halogens is 1. The second kappa shape index (κ2) is 17.9. The Kier molecular flexibility index (Phi) is 20.1. The summed E-state index contributed by atoms with van der Waals surface area (Å²) in [6.45, 7) is 5.90. The molecule has 124 valence electrons. The molecule has 0 amide bonds. The zero-order chi connectivity index (χ0) is 14.5. The van der Waals surface area contributed by atoms with Crippen molar-refractivity contribution in [3.05, 3.63) is 30.6 Å². The molecule has 0 saturated carbocycles. The van der Waals surface area contributed by atoms with Crippen molar-refractivity contribution in [3.63, 3.8) is 0 Å². The number of aryl methyl sites for hydroxylation is 2. The third kappa shape index (κ3) is 14.1. The van der Waals surface area contributed by atoms with Gasteiger partial charge in [0.15, 0.2) is 0 Å². The maximum Gasteiger partial charge on any atom is 2.00 e. The maximum absolute atomic E-state index is 5.58. The summed E-state index contributed by atoms with van der Waals surface area (Å²) in [7, 11) is 0. The minimum Gasteiger partial charge on any atom is -1.00 e. The molecule has 1 heterocycles. The molecule has 1 aromatic heterocycles. The molecule has 0 aromatic carbocycles. The van der Waals surface area contributed by atoms with Gasteiger partial charge in [-0.05, 0) is 25.5 Å². The molecule has 0 unspecified atom stereocenters. The first-order valence-electron chi connectivity index (χ1n) is 8.67. The van der Waals surface area contributed by atoms with Crippen LogP contribution in [0.5, 0.6) is 0 Å². The van der Waals surface area contributed by atoms with Crippen LogP contribution in [0.25, 0.3) is 0 Å². The Labute approximate surface area is 164 Å². The predicted molar refractivity (Wildman–Crippen MR) is 93.7 cm³/mol. The molecule has 1 rings (SSSR count). The zero-order valence-corrected chi connectivity index (χ0v) is 17.5. The van der Waals surface area contributed by atoms with Crippen LogP contribution < -0.4 is 17.0 Å². The maximum atomic E-state index is 5.58. The fourth-order valence-corrected chi connectivity index (χ4v) is 2.69. The van der Waals surface area contributed by atoms with Crippen LogP contribution in [0.1, 0.15) is 88.6 Å². The quantitative estimate of drug-likeness (QED) is 0.290. The van der Waals surface area contributed by atoms with Crippen LogP contribution in [-0.2, 0) is 6.42 Å². The minimum absolute atomic E-state index is 0. The van der Waals surface area contributed by atoms with Crippen molar-refractivity contribution in [2.24, 2.45) is 0 Å². The largest absolute Gasteiger partial charge is 2.00 e. The average molecular weight is 382 g/mol. The van der Waals surface area contributed by atoms with Gasteiger partial charge in [-0.3, -0.25) is 0 Å². The second-order valence-corrected chi connectivity index (χ2v) is 6.00. The van der Waals surface area contributed by atoms with E-state index in [1.54, 1.807) is 0 Å². The van der Waals surface area contributed by atoms with Crippen LogP contribution in [0.2, 0.25) is 0 Å². The Morgan fingerprint density at radius 2 is 1.23 bits per heavy atom. The fourth-order valence-electron chi connectivity index (χ4n) is 2.69. The van der Waals surface area contributed by atoms with Gasteiger partial charge in [0.05, 0.1) is 0 Å². The average Bonchev–Trinajstić information content (AvgIpc) is 2.86. The van der Waals surface area contributed by atoms with Crippen molar-refractivity contribution in [1.82, 2.24) is 0 Å². The van der Waals surface area contributed by atoms with Crippen LogP contribution in [-0.4, -0.2) is 23.1 Å². The van der Waals surface area contributed by atoms with E-state index in [4.69, 9.17) is 4.42 Å². The molecule has 22 heavy (non-hydrogen) atoms. The van der Waals surface area contributed by atoms with Crippen LogP contribution in [0.3, 0.4) is 0 Å². The predicted octanol–water partition coefficient (Wildman–Crippen LogP) is 3.27. The Morgan fingerprint density at radius 3 is 1.64 bits per heavy atom. The van der Waals surface area contributed by atoms with Gasteiger partial charge in [0, 0.05) is 6.42 Å². The zero-order valence-electron chi connectivity index (χ0n) is 14.5. The molecule has 0 N–H and O–H groups in total. The van der Waals surface area contributed by atoms with Gasteiger partial charge >= 0.3 is 23.1 Å². The molecule has 0 bridgehead atoms. The van der Waals surface area contributed by atoms with Gasteiger partial charge in [-0.2, -0.15) is 6.42 Å². The summed E-state index contributed by atoms with van der Waals surface area (Å²) < 4.78 is 5.58. The van der Waals surface area contributed by atoms with Crippen molar-refractivity contribution in [2.75, 3.05) is 0 Å². The molecule has 0 aliphatic rings. The summed E-state index contributed by atoms with van der Waals surface area (Å²) in [5.74, 6) is 2.19. The monoisotopic (exact) mass is 380 g/mol. The SMILES string of the molecule is [Br-].[CH2-]CCCCCCCCCCCCCc1ccc(C)o1.[Mg+2]. The summed E-state index contributed by atoms with van der Waals surface area (Å²) >= 11 is 0. The summed E-state index contributed by atoms with van der Waals surface area (Å²) in [6.07, 6.45) is 17.5. The molecule has 0 radical (unpaired) electrons. The Morgan fingerprint density at radius 1 is 0.773 bits per heavy atom. The van der Waals surface area contributed by atoms with Gasteiger partial charge < -0.3 is 28.3 Å². The molecular weight excluding hydrogens is 348 g/mol. The van der Waals surface area contributed by atoms with E-state index < -0.39 is 0 Å². The number of rotatable bonds is 13. The molecule has 0 aliphatic carbocycles. The smallest absolute Gasteiger partial charge is 1.00 e. The second-order valence-electron chi connectivity index (χ2n) is 6.00. The molecule has 0 saturated heterocycles. The molecule has 1 aromatic rings. The minimum atomic E-state index is 0. The summed E-state index contributed by atoms with van der Waals surface area (Å²) in [5.41, 5.74) is 0. The topological polar surface area (TPSA) is 13.1 Å². The van der Waals surface area contributed by atoms with Crippen LogP contribution >= 0.6 is 0 Å². The number of hydrogen-bond acceptors (Lipinski definition) is 1. The Bertz CT molecular complexity index is 325. The van der Waals surface area contributed by atoms with Crippen molar-refractivity contribution in [3.8, 4) is 0 Å². The Hall–Kier alpha value is 0.526. The standard InChI is InChI=1S/C19H33O.BrH.Mg/c1-3-4-5-6-7-8-9-10-11-12-13-14-15-19-17-16-18(2)20-19;;/h16-17H,1,3-15H2,2H3;1H;/q-1;;+2/p-1. The number of unbranched alkanes of at least 4 members (excludes halogenated alkanes) is 11. The van der Waals surface area contributed by atoms with E-state index in [1.807, 2.05) is 6.92 Å². The molecule has 0 aliphatic heterocycles. The van der Waals surface area contributed by atoms with Crippen molar-refractivity contribution in [1.29, 1.82) is 0 Å². The van der Waals surface area contributed by atoms with E-state index in [0.717, 1.165) is 24.4 Å². The van der Waals surface area contributed by atoms with E-state index in [0.29, 0.717) is 0 Å². The van der Waals surface area contributed by atoms with Crippen LogP contribution in [0.15, 0.2) is 16.5 Å².